The SMILES string of the molecule is CC(=O)c1ccc(NC(=O)N(CCc2ccccc2)CCc2ccc(OC(C)(C)C(=O)O)cc2)cc1. The lowest BCUT2D eigenvalue weighted by Crippen LogP contribution is -2.38. The minimum absolute atomic E-state index is 0.0275. The number of urea groups is 1. The van der Waals surface area contributed by atoms with Gasteiger partial charge in [-0.05, 0) is 81.1 Å². The van der Waals surface area contributed by atoms with Gasteiger partial charge in [0.1, 0.15) is 5.75 Å². The van der Waals surface area contributed by atoms with E-state index in [2.05, 4.69) is 5.32 Å². The molecule has 0 aliphatic rings. The van der Waals surface area contributed by atoms with Gasteiger partial charge in [-0.3, -0.25) is 4.79 Å². The molecule has 0 spiro atoms. The van der Waals surface area contributed by atoms with E-state index < -0.39 is 11.6 Å². The van der Waals surface area contributed by atoms with E-state index in [1.807, 2.05) is 42.5 Å². The van der Waals surface area contributed by atoms with Gasteiger partial charge in [0, 0.05) is 24.3 Å². The lowest BCUT2D eigenvalue weighted by Gasteiger charge is -2.24. The number of Topliss-reactive ketones (excluding diaryl/α,β-unsaturated/α-hetero) is 1. The smallest absolute Gasteiger partial charge is 0.347 e. The fourth-order valence-electron chi connectivity index (χ4n) is 3.54. The topological polar surface area (TPSA) is 95.9 Å². The summed E-state index contributed by atoms with van der Waals surface area (Å²) in [6.07, 6.45) is 1.34. The Balaban J connectivity index is 1.66. The highest BCUT2D eigenvalue weighted by atomic mass is 16.5. The van der Waals surface area contributed by atoms with Crippen LogP contribution in [0.2, 0.25) is 0 Å². The maximum absolute atomic E-state index is 13.1. The first-order valence-corrected chi connectivity index (χ1v) is 11.9. The van der Waals surface area contributed by atoms with Crippen LogP contribution in [-0.4, -0.2) is 46.5 Å². The van der Waals surface area contributed by atoms with Gasteiger partial charge in [-0.1, -0.05) is 42.5 Å². The van der Waals surface area contributed by atoms with Gasteiger partial charge in [0.25, 0.3) is 0 Å². The minimum atomic E-state index is -1.32. The van der Waals surface area contributed by atoms with Crippen LogP contribution in [0.4, 0.5) is 10.5 Å². The zero-order chi connectivity index (χ0) is 26.1. The maximum Gasteiger partial charge on any atom is 0.347 e. The molecule has 7 nitrogen and oxygen atoms in total. The van der Waals surface area contributed by atoms with Gasteiger partial charge >= 0.3 is 12.0 Å². The Hall–Kier alpha value is -4.13. The zero-order valence-corrected chi connectivity index (χ0v) is 20.9. The molecule has 3 rings (SSSR count). The maximum atomic E-state index is 13.1. The summed E-state index contributed by atoms with van der Waals surface area (Å²) in [7, 11) is 0. The fraction of sp³-hybridized carbons (Fsp3) is 0.276. The number of nitrogens with one attached hydrogen (secondary N) is 1. The molecule has 36 heavy (non-hydrogen) atoms. The van der Waals surface area contributed by atoms with E-state index in [0.29, 0.717) is 42.9 Å². The lowest BCUT2D eigenvalue weighted by atomic mass is 10.1. The molecule has 0 radical (unpaired) electrons. The molecule has 7 heteroatoms. The van der Waals surface area contributed by atoms with Crippen molar-refractivity contribution >= 4 is 23.5 Å². The van der Waals surface area contributed by atoms with Crippen LogP contribution in [-0.2, 0) is 17.6 Å². The van der Waals surface area contributed by atoms with Gasteiger partial charge in [-0.2, -0.15) is 0 Å². The van der Waals surface area contributed by atoms with Gasteiger partial charge in [0.15, 0.2) is 11.4 Å². The number of amides is 2. The number of ether oxygens (including phenoxy) is 1. The van der Waals surface area contributed by atoms with Crippen molar-refractivity contribution in [1.29, 1.82) is 0 Å². The number of rotatable bonds is 11. The number of anilines is 1. The number of carboxylic acids is 1. The second-order valence-electron chi connectivity index (χ2n) is 9.10. The van der Waals surface area contributed by atoms with Gasteiger partial charge in [-0.25, -0.2) is 9.59 Å². The second-order valence-corrected chi connectivity index (χ2v) is 9.10. The Labute approximate surface area is 211 Å². The Morgan fingerprint density at radius 1 is 0.833 bits per heavy atom. The average molecular weight is 489 g/mol. The van der Waals surface area contributed by atoms with Crippen LogP contribution in [0.5, 0.6) is 5.75 Å². The first-order valence-electron chi connectivity index (χ1n) is 11.9. The average Bonchev–Trinajstić information content (AvgIpc) is 2.85. The van der Waals surface area contributed by atoms with Crippen molar-refractivity contribution in [3.63, 3.8) is 0 Å². The van der Waals surface area contributed by atoms with E-state index in [1.54, 1.807) is 41.3 Å². The highest BCUT2D eigenvalue weighted by molar-refractivity contribution is 5.95. The first-order chi connectivity index (χ1) is 17.1. The van der Waals surface area contributed by atoms with Crippen LogP contribution in [0.3, 0.4) is 0 Å². The van der Waals surface area contributed by atoms with Crippen LogP contribution in [0.1, 0.15) is 42.3 Å². The molecule has 0 bridgehead atoms. The fourth-order valence-corrected chi connectivity index (χ4v) is 3.54. The minimum Gasteiger partial charge on any atom is -0.478 e. The Morgan fingerprint density at radius 2 is 1.39 bits per heavy atom. The van der Waals surface area contributed by atoms with Crippen LogP contribution >= 0.6 is 0 Å². The van der Waals surface area contributed by atoms with Gasteiger partial charge in [0.2, 0.25) is 0 Å². The van der Waals surface area contributed by atoms with E-state index in [9.17, 15) is 19.5 Å². The highest BCUT2D eigenvalue weighted by Gasteiger charge is 2.29. The molecule has 2 N–H and O–H groups in total. The van der Waals surface area contributed by atoms with Crippen molar-refractivity contribution in [2.24, 2.45) is 0 Å². The summed E-state index contributed by atoms with van der Waals surface area (Å²) in [5, 5.41) is 12.2. The van der Waals surface area contributed by atoms with E-state index in [1.165, 1.54) is 20.8 Å². The van der Waals surface area contributed by atoms with Crippen molar-refractivity contribution in [3.8, 4) is 5.75 Å². The number of hydrogen-bond donors (Lipinski definition) is 2. The third-order valence-corrected chi connectivity index (χ3v) is 5.82. The van der Waals surface area contributed by atoms with E-state index in [0.717, 1.165) is 11.1 Å². The third kappa shape index (κ3) is 7.70. The Bertz CT molecular complexity index is 1170. The molecule has 2 amide bonds. The molecular formula is C29H32N2O5. The monoisotopic (exact) mass is 488 g/mol. The molecule has 0 unspecified atom stereocenters. The molecular weight excluding hydrogens is 456 g/mol. The van der Waals surface area contributed by atoms with Gasteiger partial charge in [-0.15, -0.1) is 0 Å². The number of carboxylic acid groups (broad SMARTS) is 1. The number of carbonyl (C=O) groups is 3. The van der Waals surface area contributed by atoms with Crippen molar-refractivity contribution in [3.05, 3.63) is 95.6 Å². The molecule has 0 atom stereocenters. The largest absolute Gasteiger partial charge is 0.478 e. The second kappa shape index (κ2) is 12.0. The van der Waals surface area contributed by atoms with Gasteiger partial charge < -0.3 is 20.1 Å². The molecule has 0 fully saturated rings. The molecule has 0 saturated carbocycles. The quantitative estimate of drug-likeness (QED) is 0.350. The normalized spacial score (nSPS) is 11.0. The summed E-state index contributed by atoms with van der Waals surface area (Å²) in [5.41, 5.74) is 2.03. The predicted octanol–water partition coefficient (Wildman–Crippen LogP) is 5.45. The Morgan fingerprint density at radius 3 is 1.92 bits per heavy atom. The number of ketones is 1. The number of aliphatic carboxylic acids is 1. The van der Waals surface area contributed by atoms with E-state index in [4.69, 9.17) is 4.74 Å². The lowest BCUT2D eigenvalue weighted by molar-refractivity contribution is -0.152. The molecule has 0 aromatic heterocycles. The number of nitrogens with zero attached hydrogens (tertiary/aromatic N) is 1. The summed E-state index contributed by atoms with van der Waals surface area (Å²) in [6, 6.07) is 23.8. The third-order valence-electron chi connectivity index (χ3n) is 5.82. The van der Waals surface area contributed by atoms with Crippen molar-refractivity contribution in [1.82, 2.24) is 4.90 Å². The van der Waals surface area contributed by atoms with Crippen LogP contribution < -0.4 is 10.1 Å². The molecule has 0 aliphatic carbocycles. The van der Waals surface area contributed by atoms with Crippen LogP contribution in [0.25, 0.3) is 0 Å². The summed E-state index contributed by atoms with van der Waals surface area (Å²) >= 11 is 0. The highest BCUT2D eigenvalue weighted by Crippen LogP contribution is 2.20. The molecule has 188 valence electrons. The first kappa shape index (κ1) is 26.5. The summed E-state index contributed by atoms with van der Waals surface area (Å²) in [4.78, 5) is 37.7. The van der Waals surface area contributed by atoms with Crippen molar-refractivity contribution in [2.75, 3.05) is 18.4 Å². The molecule has 0 saturated heterocycles. The molecule has 3 aromatic rings. The summed E-state index contributed by atoms with van der Waals surface area (Å²) < 4.78 is 5.56. The van der Waals surface area contributed by atoms with E-state index in [-0.39, 0.29) is 11.8 Å². The molecule has 3 aromatic carbocycles. The summed E-state index contributed by atoms with van der Waals surface area (Å²) in [5.74, 6) is -0.596. The van der Waals surface area contributed by atoms with Crippen LogP contribution in [0.15, 0.2) is 78.9 Å². The molecule has 0 aliphatic heterocycles. The van der Waals surface area contributed by atoms with Crippen molar-refractivity contribution in [2.45, 2.75) is 39.2 Å². The predicted molar refractivity (Wildman–Crippen MR) is 140 cm³/mol. The molecule has 0 heterocycles. The standard InChI is InChI=1S/C29H32N2O5/c1-21(32)24-11-13-25(14-12-24)30-28(35)31(19-17-22-7-5-4-6-8-22)20-18-23-9-15-26(16-10-23)36-29(2,3)27(33)34/h4-16H,17-20H2,1-3H3,(H,30,35)(H,33,34). The summed E-state index contributed by atoms with van der Waals surface area (Å²) in [6.45, 7) is 5.53. The number of carbonyl (C=O) groups excluding carboxylic acids is 2. The zero-order valence-electron chi connectivity index (χ0n) is 20.9. The number of benzene rings is 3. The Kier molecular flexibility index (Phi) is 8.84. The van der Waals surface area contributed by atoms with Crippen LogP contribution in [0, 0.1) is 0 Å². The van der Waals surface area contributed by atoms with E-state index >= 15 is 0 Å². The van der Waals surface area contributed by atoms with Crippen molar-refractivity contribution < 1.29 is 24.2 Å². The van der Waals surface area contributed by atoms with Gasteiger partial charge in [0.05, 0.1) is 0 Å². The number of hydrogen-bond acceptors (Lipinski definition) is 4.